The lowest BCUT2D eigenvalue weighted by Crippen LogP contribution is -2.34. The van der Waals surface area contributed by atoms with Crippen LogP contribution in [0.25, 0.3) is 44.0 Å². The number of thiophene rings is 1. The zero-order valence-corrected chi connectivity index (χ0v) is 32.2. The molecule has 0 radical (unpaired) electrons. The number of benzene rings is 4. The minimum Gasteiger partial charge on any atom is -0.361 e. The molecule has 0 saturated heterocycles. The molecule has 5 aromatic rings. The predicted octanol–water partition coefficient (Wildman–Crippen LogP) is 12.3. The summed E-state index contributed by atoms with van der Waals surface area (Å²) in [6.45, 7) is 9.68. The lowest BCUT2D eigenvalue weighted by Gasteiger charge is -2.32. The van der Waals surface area contributed by atoms with Crippen molar-refractivity contribution in [1.82, 2.24) is 0 Å². The molecule has 0 fully saturated rings. The first-order valence-electron chi connectivity index (χ1n) is 19.6. The van der Waals surface area contributed by atoms with E-state index in [-0.39, 0.29) is 11.5 Å². The largest absolute Gasteiger partial charge is 0.361 e. The molecule has 9 rings (SSSR count). The minimum atomic E-state index is 0.116. The molecule has 266 valence electrons. The summed E-state index contributed by atoms with van der Waals surface area (Å²) in [6.07, 6.45) is 28.4. The van der Waals surface area contributed by atoms with E-state index in [9.17, 15) is 0 Å². The van der Waals surface area contributed by atoms with Gasteiger partial charge in [0.1, 0.15) is 0 Å². The standard InChI is InChI=1S/C52H47NS/c1-4-14-39(43-20-12-21-46-45-19-9-11-23-50(45)54-51(43)46)15-13-34-53(41-16-6-5-7-17-41)42-31-28-37(29-32-42)36-24-26-38(27-25-36)40-30-33-49-47(35-40)44-18-8-10-22-48(44)52(49,2)3/h4-9,11,13-19,21,23-31,33,35,42H,1,10,12,20,22,32,34H2,2-3H3/b15-13-,39-14+. The third-order valence-corrected chi connectivity index (χ3v) is 13.2. The lowest BCUT2D eigenvalue weighted by molar-refractivity contribution is 0.607. The quantitative estimate of drug-likeness (QED) is 0.137. The summed E-state index contributed by atoms with van der Waals surface area (Å²) in [4.78, 5) is 2.52. The molecular formula is C52H47NS. The smallest absolute Gasteiger partial charge is 0.0514 e. The number of para-hydroxylation sites is 1. The number of anilines is 1. The first-order chi connectivity index (χ1) is 26.5. The van der Waals surface area contributed by atoms with Gasteiger partial charge < -0.3 is 4.90 Å². The Morgan fingerprint density at radius 1 is 0.852 bits per heavy atom. The molecule has 0 saturated carbocycles. The van der Waals surface area contributed by atoms with Gasteiger partial charge in [-0.1, -0.05) is 160 Å². The van der Waals surface area contributed by atoms with Crippen molar-refractivity contribution in [3.8, 4) is 11.1 Å². The maximum atomic E-state index is 4.08. The molecule has 0 N–H and O–H groups in total. The maximum Gasteiger partial charge on any atom is 0.0514 e. The first kappa shape index (κ1) is 34.3. The van der Waals surface area contributed by atoms with Gasteiger partial charge in [0.25, 0.3) is 0 Å². The Balaban J connectivity index is 0.935. The Hall–Kier alpha value is -5.44. The lowest BCUT2D eigenvalue weighted by atomic mass is 9.78. The van der Waals surface area contributed by atoms with Gasteiger partial charge in [-0.3, -0.25) is 0 Å². The summed E-state index contributed by atoms with van der Waals surface area (Å²) in [5.74, 6) is 0. The van der Waals surface area contributed by atoms with Crippen molar-refractivity contribution in [3.63, 3.8) is 0 Å². The van der Waals surface area contributed by atoms with Gasteiger partial charge in [-0.25, -0.2) is 0 Å². The van der Waals surface area contributed by atoms with Crippen molar-refractivity contribution in [3.05, 3.63) is 196 Å². The summed E-state index contributed by atoms with van der Waals surface area (Å²) in [5.41, 5.74) is 15.1. The molecule has 1 nitrogen and oxygen atoms in total. The molecule has 1 unspecified atom stereocenters. The fourth-order valence-corrected chi connectivity index (χ4v) is 10.4. The van der Waals surface area contributed by atoms with E-state index in [0.29, 0.717) is 0 Å². The fourth-order valence-electron chi connectivity index (χ4n) is 9.10. The van der Waals surface area contributed by atoms with Gasteiger partial charge in [-0.15, -0.1) is 11.3 Å². The monoisotopic (exact) mass is 717 g/mol. The molecule has 0 bridgehead atoms. The van der Waals surface area contributed by atoms with E-state index in [0.717, 1.165) is 32.2 Å². The second-order valence-electron chi connectivity index (χ2n) is 15.4. The van der Waals surface area contributed by atoms with Crippen LogP contribution < -0.4 is 14.7 Å². The number of rotatable bonds is 9. The van der Waals surface area contributed by atoms with Crippen LogP contribution in [0.1, 0.15) is 62.6 Å². The highest BCUT2D eigenvalue weighted by Crippen LogP contribution is 2.50. The van der Waals surface area contributed by atoms with Crippen LogP contribution in [0.2, 0.25) is 0 Å². The summed E-state index contributed by atoms with van der Waals surface area (Å²) >= 11 is 1.92. The molecule has 0 aliphatic heterocycles. The molecule has 4 aliphatic rings. The number of fused-ring (bicyclic) bond motifs is 5. The highest BCUT2D eigenvalue weighted by molar-refractivity contribution is 7.17. The van der Waals surface area contributed by atoms with Crippen LogP contribution in [0.3, 0.4) is 0 Å². The topological polar surface area (TPSA) is 3.24 Å². The molecule has 54 heavy (non-hydrogen) atoms. The van der Waals surface area contributed by atoms with E-state index in [4.69, 9.17) is 0 Å². The molecule has 1 atom stereocenters. The molecule has 4 aromatic carbocycles. The number of hydrogen-bond acceptors (Lipinski definition) is 2. The SMILES string of the molecule is C=C/C=C(\C=C/CN(c1ccccc1)C1C=CC(c2ccc(-c3ccc4c(c3)C3=C(CCC=C3)C4(C)C)cc2)=CC1)C1=c2sc3ccccc3c2=CCC1. The molecular weight excluding hydrogens is 671 g/mol. The van der Waals surface area contributed by atoms with Crippen LogP contribution in [-0.2, 0) is 5.41 Å². The van der Waals surface area contributed by atoms with E-state index in [1.165, 1.54) is 82.1 Å². The van der Waals surface area contributed by atoms with Crippen molar-refractivity contribution < 1.29 is 0 Å². The molecule has 0 amide bonds. The molecule has 2 heteroatoms. The summed E-state index contributed by atoms with van der Waals surface area (Å²) in [5, 5.41) is 2.77. The van der Waals surface area contributed by atoms with Crippen molar-refractivity contribution in [2.24, 2.45) is 0 Å². The summed E-state index contributed by atoms with van der Waals surface area (Å²) < 4.78 is 2.77. The van der Waals surface area contributed by atoms with Crippen LogP contribution in [0.15, 0.2) is 169 Å². The Kier molecular flexibility index (Phi) is 9.17. The molecule has 0 spiro atoms. The highest BCUT2D eigenvalue weighted by Gasteiger charge is 2.37. The molecule has 4 aliphatic carbocycles. The first-order valence-corrected chi connectivity index (χ1v) is 20.4. The summed E-state index contributed by atoms with van der Waals surface area (Å²) in [7, 11) is 0. The third-order valence-electron chi connectivity index (χ3n) is 11.9. The highest BCUT2D eigenvalue weighted by atomic mass is 32.1. The van der Waals surface area contributed by atoms with Gasteiger partial charge in [0.15, 0.2) is 0 Å². The van der Waals surface area contributed by atoms with Gasteiger partial charge in [-0.05, 0) is 117 Å². The predicted molar refractivity (Wildman–Crippen MR) is 235 cm³/mol. The van der Waals surface area contributed by atoms with E-state index < -0.39 is 0 Å². The molecule has 1 aromatic heterocycles. The van der Waals surface area contributed by atoms with E-state index in [1.807, 2.05) is 17.4 Å². The minimum absolute atomic E-state index is 0.116. The fraction of sp³-hybridized carbons (Fsp3) is 0.192. The van der Waals surface area contributed by atoms with Gasteiger partial charge in [-0.2, -0.15) is 0 Å². The second-order valence-corrected chi connectivity index (χ2v) is 16.5. The number of allylic oxidation sites excluding steroid dienone is 10. The average molecular weight is 718 g/mol. The Labute approximate surface area is 324 Å². The van der Waals surface area contributed by atoms with E-state index in [1.54, 1.807) is 5.57 Å². The Morgan fingerprint density at radius 2 is 1.65 bits per heavy atom. The number of hydrogen-bond donors (Lipinski definition) is 0. The second kappa shape index (κ2) is 14.4. The maximum absolute atomic E-state index is 4.08. The van der Waals surface area contributed by atoms with Gasteiger partial charge in [0.05, 0.1) is 6.04 Å². The zero-order chi connectivity index (χ0) is 36.6. The van der Waals surface area contributed by atoms with Crippen molar-refractivity contribution in [2.45, 2.75) is 57.4 Å². The van der Waals surface area contributed by atoms with Crippen molar-refractivity contribution in [2.75, 3.05) is 11.4 Å². The van der Waals surface area contributed by atoms with Crippen LogP contribution >= 0.6 is 11.3 Å². The van der Waals surface area contributed by atoms with Gasteiger partial charge in [0.2, 0.25) is 0 Å². The van der Waals surface area contributed by atoms with Crippen LogP contribution in [0, 0.1) is 0 Å². The Morgan fingerprint density at radius 3 is 2.46 bits per heavy atom. The normalized spacial score (nSPS) is 18.7. The molecule has 1 heterocycles. The van der Waals surface area contributed by atoms with Crippen LogP contribution in [0.5, 0.6) is 0 Å². The van der Waals surface area contributed by atoms with E-state index in [2.05, 4.69) is 177 Å². The third kappa shape index (κ3) is 6.23. The summed E-state index contributed by atoms with van der Waals surface area (Å²) in [6, 6.07) is 36.2. The number of nitrogens with zero attached hydrogens (tertiary/aromatic N) is 1. The van der Waals surface area contributed by atoms with Gasteiger partial charge in [0, 0.05) is 26.9 Å². The Bertz CT molecular complexity index is 2580. The zero-order valence-electron chi connectivity index (χ0n) is 31.4. The van der Waals surface area contributed by atoms with Gasteiger partial charge >= 0.3 is 0 Å². The van der Waals surface area contributed by atoms with Crippen molar-refractivity contribution in [1.29, 1.82) is 0 Å². The van der Waals surface area contributed by atoms with Crippen molar-refractivity contribution >= 4 is 49.9 Å². The van der Waals surface area contributed by atoms with Crippen LogP contribution in [-0.4, -0.2) is 12.6 Å². The van der Waals surface area contributed by atoms with E-state index >= 15 is 0 Å². The van der Waals surface area contributed by atoms with Crippen LogP contribution in [0.4, 0.5) is 5.69 Å². The average Bonchev–Trinajstić information content (AvgIpc) is 3.71.